The molecule has 2 aliphatic heterocycles. The summed E-state index contributed by atoms with van der Waals surface area (Å²) in [6, 6.07) is 0.0652. The van der Waals surface area contributed by atoms with Crippen molar-refractivity contribution in [3.63, 3.8) is 0 Å². The van der Waals surface area contributed by atoms with Gasteiger partial charge in [0.1, 0.15) is 0 Å². The Kier molecular flexibility index (Phi) is 4.12. The number of nitrogens with zero attached hydrogens (tertiary/aromatic N) is 3. The van der Waals surface area contributed by atoms with E-state index in [1.165, 1.54) is 35.5 Å². The molecule has 4 aliphatic carbocycles. The fourth-order valence-electron chi connectivity index (χ4n) is 7.28. The summed E-state index contributed by atoms with van der Waals surface area (Å²) in [5.41, 5.74) is -0.376. The summed E-state index contributed by atoms with van der Waals surface area (Å²) in [7, 11) is 0. The third kappa shape index (κ3) is 2.66. The van der Waals surface area contributed by atoms with Crippen LogP contribution >= 0.6 is 0 Å². The predicted molar refractivity (Wildman–Crippen MR) is 99.5 cm³/mol. The zero-order chi connectivity index (χ0) is 18.8. The molecule has 0 aromatic carbocycles. The average Bonchev–Trinajstić information content (AvgIpc) is 2.85. The number of piperidine rings is 1. The van der Waals surface area contributed by atoms with Gasteiger partial charge in [0.15, 0.2) is 0 Å². The van der Waals surface area contributed by atoms with Gasteiger partial charge in [0.25, 0.3) is 0 Å². The fourth-order valence-corrected chi connectivity index (χ4v) is 7.28. The van der Waals surface area contributed by atoms with Crippen LogP contribution in [0, 0.1) is 17.8 Å². The molecule has 1 atom stereocenters. The van der Waals surface area contributed by atoms with Gasteiger partial charge in [-0.25, -0.2) is 14.6 Å². The van der Waals surface area contributed by atoms with E-state index < -0.39 is 11.8 Å². The van der Waals surface area contributed by atoms with E-state index in [4.69, 9.17) is 0 Å². The minimum absolute atomic E-state index is 0.283. The summed E-state index contributed by atoms with van der Waals surface area (Å²) in [5, 5.41) is 0. The van der Waals surface area contributed by atoms with Crippen LogP contribution in [0.1, 0.15) is 71.1 Å². The lowest BCUT2D eigenvalue weighted by atomic mass is 9.52. The molecular formula is C21H31N3O3. The van der Waals surface area contributed by atoms with Crippen molar-refractivity contribution in [2.45, 2.75) is 82.7 Å². The van der Waals surface area contributed by atoms with Crippen molar-refractivity contribution in [1.82, 2.24) is 14.7 Å². The summed E-state index contributed by atoms with van der Waals surface area (Å²) in [5.74, 6) is 0.732. The van der Waals surface area contributed by atoms with Crippen LogP contribution in [0.5, 0.6) is 0 Å². The number of amides is 4. The van der Waals surface area contributed by atoms with E-state index >= 15 is 0 Å². The second kappa shape index (κ2) is 6.29. The number of urea groups is 1. The van der Waals surface area contributed by atoms with Crippen molar-refractivity contribution in [3.8, 4) is 0 Å². The maximum atomic E-state index is 13.3. The van der Waals surface area contributed by atoms with Gasteiger partial charge >= 0.3 is 17.8 Å². The Morgan fingerprint density at radius 2 is 1.56 bits per heavy atom. The Balaban J connectivity index is 1.39. The lowest BCUT2D eigenvalue weighted by Crippen LogP contribution is -2.62. The van der Waals surface area contributed by atoms with Crippen LogP contribution in [0.25, 0.3) is 0 Å². The van der Waals surface area contributed by atoms with Crippen molar-refractivity contribution in [1.29, 1.82) is 0 Å². The minimum atomic E-state index is -0.601. The van der Waals surface area contributed by atoms with Gasteiger partial charge in [0, 0.05) is 12.6 Å². The molecule has 4 bridgehead atoms. The topological polar surface area (TPSA) is 60.9 Å². The van der Waals surface area contributed by atoms with Crippen LogP contribution in [-0.4, -0.2) is 57.3 Å². The smallest absolute Gasteiger partial charge is 0.283 e. The molecule has 0 N–H and O–H groups in total. The molecular weight excluding hydrogens is 342 g/mol. The molecule has 6 aliphatic rings. The van der Waals surface area contributed by atoms with Gasteiger partial charge in [-0.05, 0) is 75.5 Å². The molecule has 148 valence electrons. The first kappa shape index (κ1) is 17.7. The summed E-state index contributed by atoms with van der Waals surface area (Å²) < 4.78 is 0. The van der Waals surface area contributed by atoms with E-state index in [0.29, 0.717) is 23.8 Å². The van der Waals surface area contributed by atoms with Crippen LogP contribution < -0.4 is 0 Å². The molecule has 0 radical (unpaired) electrons. The fraction of sp³-hybridized carbons (Fsp3) is 0.857. The van der Waals surface area contributed by atoms with Crippen LogP contribution in [0.3, 0.4) is 0 Å². The van der Waals surface area contributed by atoms with Crippen molar-refractivity contribution in [2.24, 2.45) is 17.8 Å². The summed E-state index contributed by atoms with van der Waals surface area (Å²) >= 11 is 0. The minimum Gasteiger partial charge on any atom is -0.283 e. The van der Waals surface area contributed by atoms with E-state index in [1.807, 2.05) is 0 Å². The van der Waals surface area contributed by atoms with Gasteiger partial charge in [-0.2, -0.15) is 0 Å². The molecule has 2 heterocycles. The second-order valence-corrected chi connectivity index (χ2v) is 9.81. The van der Waals surface area contributed by atoms with Crippen LogP contribution in [0.4, 0.5) is 4.79 Å². The third-order valence-corrected chi connectivity index (χ3v) is 8.08. The highest BCUT2D eigenvalue weighted by atomic mass is 16.2. The molecule has 4 amide bonds. The zero-order valence-corrected chi connectivity index (χ0v) is 16.4. The molecule has 6 fully saturated rings. The number of imide groups is 2. The molecule has 0 spiro atoms. The second-order valence-electron chi connectivity index (χ2n) is 9.81. The van der Waals surface area contributed by atoms with E-state index in [2.05, 4.69) is 11.8 Å². The van der Waals surface area contributed by atoms with E-state index in [-0.39, 0.29) is 18.2 Å². The zero-order valence-electron chi connectivity index (χ0n) is 16.4. The number of carbonyl (C=O) groups excluding carboxylic acids is 3. The Morgan fingerprint density at radius 1 is 0.926 bits per heavy atom. The third-order valence-electron chi connectivity index (χ3n) is 8.08. The molecule has 27 heavy (non-hydrogen) atoms. The summed E-state index contributed by atoms with van der Waals surface area (Å²) in [6.45, 7) is 3.34. The molecule has 0 aromatic heterocycles. The molecule has 6 heteroatoms. The highest BCUT2D eigenvalue weighted by Gasteiger charge is 2.61. The highest BCUT2D eigenvalue weighted by molar-refractivity contribution is 6.44. The van der Waals surface area contributed by atoms with Crippen molar-refractivity contribution < 1.29 is 14.4 Å². The number of likely N-dealkylation sites (tertiary alicyclic amines) is 1. The van der Waals surface area contributed by atoms with Gasteiger partial charge in [-0.3, -0.25) is 14.5 Å². The standard InChI is InChI=1S/C21H31N3O3/c1-2-17-5-3-4-6-22(17)13-23-18(25)19(26)24(20(23)27)21-10-14-7-15(11-21)9-16(8-14)12-21/h14-17H,2-13H2,1H3/t14?,15?,16?,17-,21?/m1/s1. The highest BCUT2D eigenvalue weighted by Crippen LogP contribution is 2.58. The maximum Gasteiger partial charge on any atom is 0.335 e. The number of hydrogen-bond acceptors (Lipinski definition) is 4. The van der Waals surface area contributed by atoms with Crippen LogP contribution in [-0.2, 0) is 9.59 Å². The van der Waals surface area contributed by atoms with Crippen LogP contribution in [0.2, 0.25) is 0 Å². The Morgan fingerprint density at radius 3 is 2.15 bits per heavy atom. The normalized spacial score (nSPS) is 41.9. The Bertz CT molecular complexity index is 640. The average molecular weight is 373 g/mol. The summed E-state index contributed by atoms with van der Waals surface area (Å²) in [6.07, 6.45) is 10.9. The van der Waals surface area contributed by atoms with E-state index in [1.54, 1.807) is 0 Å². The predicted octanol–water partition coefficient (Wildman–Crippen LogP) is 2.97. The first-order valence-electron chi connectivity index (χ1n) is 10.9. The van der Waals surface area contributed by atoms with Gasteiger partial charge in [0.05, 0.1) is 12.2 Å². The molecule has 2 saturated heterocycles. The largest absolute Gasteiger partial charge is 0.335 e. The van der Waals surface area contributed by atoms with E-state index in [9.17, 15) is 14.4 Å². The first-order chi connectivity index (χ1) is 13.0. The van der Waals surface area contributed by atoms with Gasteiger partial charge in [0.2, 0.25) is 0 Å². The van der Waals surface area contributed by atoms with Crippen molar-refractivity contribution in [3.05, 3.63) is 0 Å². The maximum absolute atomic E-state index is 13.3. The molecule has 0 unspecified atom stereocenters. The number of carbonyl (C=O) groups is 3. The van der Waals surface area contributed by atoms with Crippen LogP contribution in [0.15, 0.2) is 0 Å². The number of rotatable bonds is 4. The molecule has 6 nitrogen and oxygen atoms in total. The SMILES string of the molecule is CC[C@@H]1CCCCN1CN1C(=O)C(=O)N(C23CC4CC(CC(C4)C2)C3)C1=O. The van der Waals surface area contributed by atoms with Gasteiger partial charge < -0.3 is 0 Å². The lowest BCUT2D eigenvalue weighted by molar-refractivity contribution is -0.150. The molecule has 0 aromatic rings. The number of hydrogen-bond donors (Lipinski definition) is 0. The monoisotopic (exact) mass is 373 g/mol. The molecule has 6 rings (SSSR count). The Labute approximate surface area is 161 Å². The Hall–Kier alpha value is -1.43. The quantitative estimate of drug-likeness (QED) is 0.561. The summed E-state index contributed by atoms with van der Waals surface area (Å²) in [4.78, 5) is 43.9. The van der Waals surface area contributed by atoms with Crippen molar-refractivity contribution in [2.75, 3.05) is 13.2 Å². The van der Waals surface area contributed by atoms with E-state index in [0.717, 1.165) is 45.1 Å². The first-order valence-corrected chi connectivity index (χ1v) is 10.9. The molecule has 4 saturated carbocycles. The van der Waals surface area contributed by atoms with Crippen molar-refractivity contribution >= 4 is 17.8 Å². The lowest BCUT2D eigenvalue weighted by Gasteiger charge is -2.58. The van der Waals surface area contributed by atoms with Gasteiger partial charge in [-0.1, -0.05) is 13.3 Å². The van der Waals surface area contributed by atoms with Gasteiger partial charge in [-0.15, -0.1) is 0 Å².